The molecule has 0 bridgehead atoms. The summed E-state index contributed by atoms with van der Waals surface area (Å²) in [7, 11) is 0. The van der Waals surface area contributed by atoms with E-state index in [1.165, 1.54) is 68.6 Å². The number of thiophene rings is 2. The lowest BCUT2D eigenvalue weighted by atomic mass is 9.30. The quantitative estimate of drug-likeness (QED) is 0.163. The fourth-order valence-electron chi connectivity index (χ4n) is 14.5. The zero-order chi connectivity index (χ0) is 52.6. The van der Waals surface area contributed by atoms with Crippen molar-refractivity contribution < 1.29 is 9.47 Å². The lowest BCUT2D eigenvalue weighted by Gasteiger charge is -2.47. The highest BCUT2D eigenvalue weighted by molar-refractivity contribution is 7.34. The van der Waals surface area contributed by atoms with Crippen molar-refractivity contribution in [3.05, 3.63) is 249 Å². The Morgan fingerprint density at radius 3 is 0.975 bits per heavy atom. The Labute approximate surface area is 476 Å². The molecule has 6 aliphatic heterocycles. The minimum Gasteiger partial charge on any atom is -0.457 e. The van der Waals surface area contributed by atoms with Crippen molar-refractivity contribution in [2.75, 3.05) is 19.6 Å². The number of benzene rings is 11. The van der Waals surface area contributed by atoms with Gasteiger partial charge in [-0.25, -0.2) is 0 Å². The molecule has 0 saturated carbocycles. The monoisotopic (exact) mass is 1070 g/mol. The van der Waals surface area contributed by atoms with Crippen LogP contribution in [0.2, 0.25) is 0 Å². The van der Waals surface area contributed by atoms with Crippen molar-refractivity contribution in [1.29, 1.82) is 0 Å². The van der Waals surface area contributed by atoms with Crippen LogP contribution in [0, 0.1) is 0 Å². The van der Waals surface area contributed by atoms with Gasteiger partial charge in [-0.3, -0.25) is 0 Å². The lowest BCUT2D eigenvalue weighted by Crippen LogP contribution is -2.66. The molecule has 13 aromatic rings. The molecule has 11 aromatic carbocycles. The third kappa shape index (κ3) is 5.98. The second-order valence-corrected chi connectivity index (χ2v) is 24.0. The minimum absolute atomic E-state index is 0.0881. The topological polar surface area (TPSA) is 31.4 Å². The van der Waals surface area contributed by atoms with Crippen LogP contribution in [0.3, 0.4) is 0 Å². The second-order valence-electron chi connectivity index (χ2n) is 21.8. The molecule has 0 atom stereocenters. The number of ether oxygens (including phenoxy) is 2. The third-order valence-corrected chi connectivity index (χ3v) is 20.1. The molecule has 6 aliphatic rings. The summed E-state index contributed by atoms with van der Waals surface area (Å²) in [6.07, 6.45) is 0. The SMILES string of the molecule is c1ccc(N2c3cc4c(cc3B3c5sc6ccccc6c5Oc5cccc2c53)B2c3cc5c(cc3N(c3ccccc3)c3cccc(c32)N4c2ccccc2)N(c2ccccc2)c2cccc3c2B5c2sc4ccccc4c2O3)cc1. The summed E-state index contributed by atoms with van der Waals surface area (Å²) < 4.78 is 19.2. The van der Waals surface area contributed by atoms with E-state index in [4.69, 9.17) is 9.47 Å². The van der Waals surface area contributed by atoms with Crippen LogP contribution in [0.4, 0.5) is 68.2 Å². The van der Waals surface area contributed by atoms with Gasteiger partial charge >= 0.3 is 0 Å². The van der Waals surface area contributed by atoms with E-state index in [2.05, 4.69) is 268 Å². The van der Waals surface area contributed by atoms with E-state index in [0.29, 0.717) is 0 Å². The third-order valence-electron chi connectivity index (χ3n) is 17.7. The standard InChI is InChI=1S/C70H41B3N4O2S2/c1-5-20-42(21-6-1)74-52-30-17-31-53-64(52)71(48-38-50-58(40-56(48)74)76(44-24-9-3-10-25-44)54-32-18-34-60-65(54)72(50)69-67(78-60)46-28-13-15-36-62(46)80-69)49-39-51-59(41-57(49)75(53)43-22-7-2-8-23-43)77(45-26-11-4-12-27-45)55-33-19-35-61-66(55)73(51)70-68(79-61)47-29-14-16-37-63(47)81-70/h1-41H. The molecule has 0 fully saturated rings. The summed E-state index contributed by atoms with van der Waals surface area (Å²) in [5.41, 5.74) is 22.4. The fraction of sp³-hybridized carbons (Fsp3) is 0. The number of rotatable bonds is 4. The van der Waals surface area contributed by atoms with Gasteiger partial charge in [0.05, 0.1) is 0 Å². The van der Waals surface area contributed by atoms with Crippen molar-refractivity contribution in [1.82, 2.24) is 0 Å². The molecule has 374 valence electrons. The normalized spacial score (nSPS) is 14.2. The molecule has 8 heterocycles. The van der Waals surface area contributed by atoms with Gasteiger partial charge in [-0.2, -0.15) is 0 Å². The van der Waals surface area contributed by atoms with E-state index in [9.17, 15) is 0 Å². The Morgan fingerprint density at radius 2 is 0.593 bits per heavy atom. The predicted octanol–water partition coefficient (Wildman–Crippen LogP) is 13.0. The van der Waals surface area contributed by atoms with E-state index in [-0.39, 0.29) is 20.1 Å². The van der Waals surface area contributed by atoms with E-state index >= 15 is 0 Å². The van der Waals surface area contributed by atoms with Crippen LogP contribution in [0.5, 0.6) is 23.0 Å². The number of fused-ring (bicyclic) bond motifs is 16. The van der Waals surface area contributed by atoms with Gasteiger partial charge in [0.15, 0.2) is 0 Å². The first kappa shape index (κ1) is 44.2. The Morgan fingerprint density at radius 1 is 0.272 bits per heavy atom. The first-order chi connectivity index (χ1) is 40.2. The van der Waals surface area contributed by atoms with Crippen LogP contribution in [0.25, 0.3) is 20.2 Å². The number of para-hydroxylation sites is 4. The summed E-state index contributed by atoms with van der Waals surface area (Å²) >= 11 is 3.74. The van der Waals surface area contributed by atoms with E-state index in [1.807, 2.05) is 22.7 Å². The van der Waals surface area contributed by atoms with E-state index in [0.717, 1.165) is 90.6 Å². The van der Waals surface area contributed by atoms with Crippen LogP contribution in [-0.4, -0.2) is 20.1 Å². The predicted molar refractivity (Wildman–Crippen MR) is 343 cm³/mol. The highest BCUT2D eigenvalue weighted by Crippen LogP contribution is 2.51. The van der Waals surface area contributed by atoms with Gasteiger partial charge in [0.1, 0.15) is 23.0 Å². The molecule has 0 aliphatic carbocycles. The van der Waals surface area contributed by atoms with Crippen molar-refractivity contribution in [2.45, 2.75) is 0 Å². The molecule has 6 nitrogen and oxygen atoms in total. The molecule has 0 saturated heterocycles. The van der Waals surface area contributed by atoms with Gasteiger partial charge in [-0.15, -0.1) is 22.7 Å². The average Bonchev–Trinajstić information content (AvgIpc) is 2.80. The molecule has 0 amide bonds. The Balaban J connectivity index is 0.946. The molecule has 19 rings (SSSR count). The van der Waals surface area contributed by atoms with Crippen molar-refractivity contribution in [3.63, 3.8) is 0 Å². The second kappa shape index (κ2) is 16.5. The highest BCUT2D eigenvalue weighted by Gasteiger charge is 2.51. The number of nitrogens with zero attached hydrogens (tertiary/aromatic N) is 4. The molecule has 0 unspecified atom stereocenters. The summed E-state index contributed by atoms with van der Waals surface area (Å²) in [5, 5.41) is 2.31. The van der Waals surface area contributed by atoms with Crippen molar-refractivity contribution in [2.24, 2.45) is 0 Å². The summed E-state index contributed by atoms with van der Waals surface area (Å²) in [6.45, 7) is -0.353. The molecule has 0 radical (unpaired) electrons. The number of anilines is 12. The van der Waals surface area contributed by atoms with Crippen molar-refractivity contribution >= 4 is 179 Å². The van der Waals surface area contributed by atoms with Crippen LogP contribution in [-0.2, 0) is 0 Å². The zero-order valence-electron chi connectivity index (χ0n) is 43.3. The fourth-order valence-corrected chi connectivity index (χ4v) is 17.1. The molecular weight excluding hydrogens is 1030 g/mol. The summed E-state index contributed by atoms with van der Waals surface area (Å²) in [5.74, 6) is 3.75. The molecular formula is C70H41B3N4O2S2. The Kier molecular flexibility index (Phi) is 8.98. The maximum atomic E-state index is 7.13. The van der Waals surface area contributed by atoms with E-state index < -0.39 is 0 Å². The Hall–Kier alpha value is -9.67. The first-order valence-corrected chi connectivity index (χ1v) is 29.4. The first-order valence-electron chi connectivity index (χ1n) is 27.8. The molecule has 11 heteroatoms. The van der Waals surface area contributed by atoms with Gasteiger partial charge in [0, 0.05) is 98.0 Å². The van der Waals surface area contributed by atoms with Crippen LogP contribution >= 0.6 is 22.7 Å². The maximum Gasteiger partial charge on any atom is 0.268 e. The largest absolute Gasteiger partial charge is 0.457 e. The summed E-state index contributed by atoms with van der Waals surface area (Å²) in [6, 6.07) is 91.9. The number of hydrogen-bond donors (Lipinski definition) is 0. The minimum atomic E-state index is -0.177. The summed E-state index contributed by atoms with van der Waals surface area (Å²) in [4.78, 5) is 10.1. The Bertz CT molecular complexity index is 4540. The van der Waals surface area contributed by atoms with Gasteiger partial charge in [-0.05, 0) is 160 Å². The van der Waals surface area contributed by atoms with Gasteiger partial charge < -0.3 is 29.1 Å². The van der Waals surface area contributed by atoms with Crippen LogP contribution in [0.1, 0.15) is 0 Å². The molecule has 81 heavy (non-hydrogen) atoms. The van der Waals surface area contributed by atoms with Gasteiger partial charge in [0.25, 0.3) is 20.1 Å². The van der Waals surface area contributed by atoms with Crippen molar-refractivity contribution in [3.8, 4) is 23.0 Å². The molecule has 2 aromatic heterocycles. The molecule has 0 N–H and O–H groups in total. The smallest absolute Gasteiger partial charge is 0.268 e. The lowest BCUT2D eigenvalue weighted by molar-refractivity contribution is 0.494. The van der Waals surface area contributed by atoms with Gasteiger partial charge in [-0.1, -0.05) is 127 Å². The number of hydrogen-bond acceptors (Lipinski definition) is 8. The van der Waals surface area contributed by atoms with Crippen LogP contribution < -0.4 is 76.9 Å². The zero-order valence-corrected chi connectivity index (χ0v) is 45.0. The van der Waals surface area contributed by atoms with Crippen LogP contribution in [0.15, 0.2) is 249 Å². The maximum absolute atomic E-state index is 7.13. The average molecular weight is 1070 g/mol. The van der Waals surface area contributed by atoms with E-state index in [1.54, 1.807) is 0 Å². The molecule has 0 spiro atoms. The van der Waals surface area contributed by atoms with Gasteiger partial charge in [0.2, 0.25) is 0 Å². The highest BCUT2D eigenvalue weighted by atomic mass is 32.1.